The van der Waals surface area contributed by atoms with Crippen molar-refractivity contribution in [1.82, 2.24) is 24.4 Å². The van der Waals surface area contributed by atoms with Crippen LogP contribution < -0.4 is 0 Å². The molecule has 0 saturated carbocycles. The van der Waals surface area contributed by atoms with E-state index in [-0.39, 0.29) is 11.9 Å². The predicted octanol–water partition coefficient (Wildman–Crippen LogP) is 2.74. The van der Waals surface area contributed by atoms with Crippen LogP contribution in [0.3, 0.4) is 0 Å². The molecule has 24 heavy (non-hydrogen) atoms. The zero-order valence-corrected chi connectivity index (χ0v) is 14.0. The number of para-hydroxylation sites is 2. The van der Waals surface area contributed by atoms with E-state index >= 15 is 0 Å². The second-order valence-corrected chi connectivity index (χ2v) is 6.43. The Morgan fingerprint density at radius 2 is 2.17 bits per heavy atom. The summed E-state index contributed by atoms with van der Waals surface area (Å²) in [5.74, 6) is 1.89. The Kier molecular flexibility index (Phi) is 3.59. The van der Waals surface area contributed by atoms with Gasteiger partial charge in [0.2, 0.25) is 5.91 Å². The van der Waals surface area contributed by atoms with Crippen molar-refractivity contribution in [2.45, 2.75) is 39.3 Å². The van der Waals surface area contributed by atoms with Crippen LogP contribution in [0.15, 0.2) is 30.5 Å². The first kappa shape index (κ1) is 14.9. The van der Waals surface area contributed by atoms with Crippen molar-refractivity contribution in [3.8, 4) is 0 Å². The summed E-state index contributed by atoms with van der Waals surface area (Å²) in [4.78, 5) is 27.1. The van der Waals surface area contributed by atoms with Crippen LogP contribution >= 0.6 is 0 Å². The molecule has 2 aromatic heterocycles. The number of nitrogens with one attached hydrogen (secondary N) is 1. The lowest BCUT2D eigenvalue weighted by Crippen LogP contribution is -2.34. The SMILES string of the molecule is Cc1cnc([C@@H]2CCCN2C(=O)Cn2c(C)nc3ccccc32)[nH]1. The lowest BCUT2D eigenvalue weighted by molar-refractivity contribution is -0.132. The first-order chi connectivity index (χ1) is 11.6. The number of imidazole rings is 2. The Labute approximate surface area is 140 Å². The Morgan fingerprint density at radius 1 is 1.33 bits per heavy atom. The minimum absolute atomic E-state index is 0.0568. The molecule has 1 aliphatic rings. The number of aromatic amines is 1. The molecule has 3 heterocycles. The Morgan fingerprint density at radius 3 is 2.96 bits per heavy atom. The molecule has 1 aliphatic heterocycles. The Balaban J connectivity index is 1.60. The highest BCUT2D eigenvalue weighted by Crippen LogP contribution is 2.30. The van der Waals surface area contributed by atoms with Gasteiger partial charge in [-0.05, 0) is 38.8 Å². The summed E-state index contributed by atoms with van der Waals surface area (Å²) in [6, 6.07) is 8.00. The molecule has 1 saturated heterocycles. The van der Waals surface area contributed by atoms with E-state index < -0.39 is 0 Å². The third-order valence-corrected chi connectivity index (χ3v) is 4.75. The second-order valence-electron chi connectivity index (χ2n) is 6.43. The normalized spacial score (nSPS) is 17.8. The molecule has 124 valence electrons. The van der Waals surface area contributed by atoms with Crippen molar-refractivity contribution >= 4 is 16.9 Å². The molecule has 6 heteroatoms. The van der Waals surface area contributed by atoms with Crippen LogP contribution in [0.4, 0.5) is 0 Å². The molecule has 1 amide bonds. The molecule has 0 bridgehead atoms. The number of rotatable bonds is 3. The number of benzene rings is 1. The number of aryl methyl sites for hydroxylation is 2. The van der Waals surface area contributed by atoms with Crippen LogP contribution in [0.1, 0.15) is 36.2 Å². The van der Waals surface area contributed by atoms with E-state index in [0.29, 0.717) is 6.54 Å². The van der Waals surface area contributed by atoms with E-state index in [9.17, 15) is 4.79 Å². The van der Waals surface area contributed by atoms with Gasteiger partial charge in [0.25, 0.3) is 0 Å². The highest BCUT2D eigenvalue weighted by atomic mass is 16.2. The maximum absolute atomic E-state index is 12.9. The van der Waals surface area contributed by atoms with Gasteiger partial charge in [0.15, 0.2) is 0 Å². The zero-order chi connectivity index (χ0) is 16.7. The highest BCUT2D eigenvalue weighted by molar-refractivity contribution is 5.81. The van der Waals surface area contributed by atoms with Crippen LogP contribution in [0.2, 0.25) is 0 Å². The topological polar surface area (TPSA) is 66.8 Å². The molecular weight excluding hydrogens is 302 g/mol. The van der Waals surface area contributed by atoms with Gasteiger partial charge in [-0.3, -0.25) is 4.79 Å². The number of H-pyrrole nitrogens is 1. The van der Waals surface area contributed by atoms with Gasteiger partial charge in [-0.1, -0.05) is 12.1 Å². The molecule has 0 unspecified atom stereocenters. The van der Waals surface area contributed by atoms with Crippen molar-refractivity contribution < 1.29 is 4.79 Å². The molecular formula is C18H21N5O. The third kappa shape index (κ3) is 2.48. The maximum atomic E-state index is 12.9. The third-order valence-electron chi connectivity index (χ3n) is 4.75. The van der Waals surface area contributed by atoms with Crippen LogP contribution in [0, 0.1) is 13.8 Å². The molecule has 0 aliphatic carbocycles. The molecule has 6 nitrogen and oxygen atoms in total. The van der Waals surface area contributed by atoms with Gasteiger partial charge in [0, 0.05) is 18.4 Å². The van der Waals surface area contributed by atoms with Crippen molar-refractivity contribution in [2.24, 2.45) is 0 Å². The Bertz CT molecular complexity index is 894. The van der Waals surface area contributed by atoms with E-state index in [2.05, 4.69) is 15.0 Å². The number of aromatic nitrogens is 4. The second kappa shape index (κ2) is 5.78. The summed E-state index contributed by atoms with van der Waals surface area (Å²) in [6.07, 6.45) is 3.80. The number of hydrogen-bond donors (Lipinski definition) is 1. The fraction of sp³-hybridized carbons (Fsp3) is 0.389. The molecule has 4 rings (SSSR count). The minimum Gasteiger partial charge on any atom is -0.344 e. The van der Waals surface area contributed by atoms with E-state index in [1.54, 1.807) is 0 Å². The summed E-state index contributed by atoms with van der Waals surface area (Å²) in [5.41, 5.74) is 2.97. The number of amides is 1. The summed E-state index contributed by atoms with van der Waals surface area (Å²) < 4.78 is 2.00. The van der Waals surface area contributed by atoms with E-state index in [0.717, 1.165) is 47.8 Å². The lowest BCUT2D eigenvalue weighted by atomic mass is 10.2. The molecule has 1 aromatic carbocycles. The van der Waals surface area contributed by atoms with E-state index in [4.69, 9.17) is 0 Å². The van der Waals surface area contributed by atoms with E-state index in [1.165, 1.54) is 0 Å². The van der Waals surface area contributed by atoms with Crippen LogP contribution in [0.5, 0.6) is 0 Å². The van der Waals surface area contributed by atoms with Gasteiger partial charge in [-0.25, -0.2) is 9.97 Å². The van der Waals surface area contributed by atoms with Gasteiger partial charge in [-0.15, -0.1) is 0 Å². The van der Waals surface area contributed by atoms with Gasteiger partial charge >= 0.3 is 0 Å². The van der Waals surface area contributed by atoms with Crippen LogP contribution in [0.25, 0.3) is 11.0 Å². The molecule has 1 fully saturated rings. The number of hydrogen-bond acceptors (Lipinski definition) is 3. The monoisotopic (exact) mass is 323 g/mol. The smallest absolute Gasteiger partial charge is 0.243 e. The van der Waals surface area contributed by atoms with Crippen LogP contribution in [-0.4, -0.2) is 36.9 Å². The summed E-state index contributed by atoms with van der Waals surface area (Å²) in [6.45, 7) is 5.04. The summed E-state index contributed by atoms with van der Waals surface area (Å²) in [7, 11) is 0. The number of fused-ring (bicyclic) bond motifs is 1. The summed E-state index contributed by atoms with van der Waals surface area (Å²) >= 11 is 0. The quantitative estimate of drug-likeness (QED) is 0.806. The predicted molar refractivity (Wildman–Crippen MR) is 91.5 cm³/mol. The average Bonchev–Trinajstić information content (AvgIpc) is 3.27. The first-order valence-electron chi connectivity index (χ1n) is 8.36. The molecule has 0 spiro atoms. The van der Waals surface area contributed by atoms with Crippen molar-refractivity contribution in [3.05, 3.63) is 47.8 Å². The average molecular weight is 323 g/mol. The van der Waals surface area contributed by atoms with Gasteiger partial charge in [-0.2, -0.15) is 0 Å². The number of nitrogens with zero attached hydrogens (tertiary/aromatic N) is 4. The highest BCUT2D eigenvalue weighted by Gasteiger charge is 2.32. The molecule has 0 radical (unpaired) electrons. The Hall–Kier alpha value is -2.63. The molecule has 1 N–H and O–H groups in total. The number of carbonyl (C=O) groups is 1. The fourth-order valence-corrected chi connectivity index (χ4v) is 3.57. The van der Waals surface area contributed by atoms with Gasteiger partial charge in [0.1, 0.15) is 18.2 Å². The van der Waals surface area contributed by atoms with Gasteiger partial charge < -0.3 is 14.5 Å². The number of likely N-dealkylation sites (tertiary alicyclic amines) is 1. The van der Waals surface area contributed by atoms with Crippen molar-refractivity contribution in [3.63, 3.8) is 0 Å². The van der Waals surface area contributed by atoms with Crippen molar-refractivity contribution in [1.29, 1.82) is 0 Å². The minimum atomic E-state index is 0.0568. The molecule has 3 aromatic rings. The first-order valence-corrected chi connectivity index (χ1v) is 8.36. The largest absolute Gasteiger partial charge is 0.344 e. The number of carbonyl (C=O) groups excluding carboxylic acids is 1. The van der Waals surface area contributed by atoms with E-state index in [1.807, 2.05) is 53.8 Å². The molecule has 1 atom stereocenters. The summed E-state index contributed by atoms with van der Waals surface area (Å²) in [5, 5.41) is 0. The zero-order valence-electron chi connectivity index (χ0n) is 14.0. The fourth-order valence-electron chi connectivity index (χ4n) is 3.57. The van der Waals surface area contributed by atoms with Crippen LogP contribution in [-0.2, 0) is 11.3 Å². The maximum Gasteiger partial charge on any atom is 0.243 e. The standard InChI is InChI=1S/C18H21N5O/c1-12-10-19-18(20-12)16-8-5-9-22(16)17(24)11-23-13(2)21-14-6-3-4-7-15(14)23/h3-4,6-7,10,16H,5,8-9,11H2,1-2H3,(H,19,20)/t16-/m0/s1. The van der Waals surface area contributed by atoms with Crippen molar-refractivity contribution in [2.75, 3.05) is 6.54 Å². The van der Waals surface area contributed by atoms with Gasteiger partial charge in [0.05, 0.1) is 17.1 Å². The lowest BCUT2D eigenvalue weighted by Gasteiger charge is -2.24.